The Balaban J connectivity index is 2.35. The maximum absolute atomic E-state index is 13.2. The summed E-state index contributed by atoms with van der Waals surface area (Å²) in [5.74, 6) is -0.0490. The van der Waals surface area contributed by atoms with E-state index in [2.05, 4.69) is 20.7 Å². The van der Waals surface area contributed by atoms with E-state index in [0.717, 1.165) is 0 Å². The number of rotatable bonds is 3. The second-order valence-electron chi connectivity index (χ2n) is 4.27. The van der Waals surface area contributed by atoms with E-state index in [1.165, 1.54) is 19.2 Å². The van der Waals surface area contributed by atoms with Crippen molar-refractivity contribution in [1.82, 2.24) is 0 Å². The highest BCUT2D eigenvalue weighted by Gasteiger charge is 2.13. The van der Waals surface area contributed by atoms with E-state index in [-0.39, 0.29) is 5.02 Å². The van der Waals surface area contributed by atoms with Gasteiger partial charge in [-0.2, -0.15) is 0 Å². The van der Waals surface area contributed by atoms with Gasteiger partial charge in [-0.1, -0.05) is 11.6 Å². The molecule has 2 rings (SSSR count). The molecule has 0 atom stereocenters. The first kappa shape index (κ1) is 15.8. The first-order chi connectivity index (χ1) is 9.92. The van der Waals surface area contributed by atoms with Crippen LogP contribution < -0.4 is 4.74 Å². The first-order valence-corrected chi connectivity index (χ1v) is 7.11. The molecule has 2 aromatic carbocycles. The number of halogens is 3. The Labute approximate surface area is 134 Å². The number of carbonyl (C=O) groups excluding carboxylic acids is 1. The lowest BCUT2D eigenvalue weighted by atomic mass is 10.2. The van der Waals surface area contributed by atoms with Crippen LogP contribution >= 0.6 is 27.5 Å². The van der Waals surface area contributed by atoms with E-state index < -0.39 is 11.8 Å². The number of benzene rings is 2. The van der Waals surface area contributed by atoms with Crippen molar-refractivity contribution in [2.45, 2.75) is 6.92 Å². The van der Waals surface area contributed by atoms with Crippen LogP contribution in [0, 0.1) is 12.7 Å². The molecular formula is C15H11BrClFO3. The Morgan fingerprint density at radius 1 is 1.29 bits per heavy atom. The fourth-order valence-corrected chi connectivity index (χ4v) is 2.51. The van der Waals surface area contributed by atoms with Crippen LogP contribution in [0.25, 0.3) is 0 Å². The van der Waals surface area contributed by atoms with Crippen LogP contribution in [-0.4, -0.2) is 13.1 Å². The summed E-state index contributed by atoms with van der Waals surface area (Å²) in [5, 5.41) is 0.177. The van der Waals surface area contributed by atoms with E-state index >= 15 is 0 Å². The highest BCUT2D eigenvalue weighted by Crippen LogP contribution is 2.37. The Hall–Kier alpha value is -1.59. The molecule has 21 heavy (non-hydrogen) atoms. The zero-order valence-corrected chi connectivity index (χ0v) is 13.6. The number of hydrogen-bond acceptors (Lipinski definition) is 3. The zero-order valence-electron chi connectivity index (χ0n) is 11.2. The number of carbonyl (C=O) groups is 1. The molecule has 0 saturated heterocycles. The average Bonchev–Trinajstić information content (AvgIpc) is 2.43. The summed E-state index contributed by atoms with van der Waals surface area (Å²) in [6.07, 6.45) is 0. The third-order valence-corrected chi connectivity index (χ3v) is 3.66. The molecule has 0 spiro atoms. The minimum Gasteiger partial charge on any atom is -0.465 e. The quantitative estimate of drug-likeness (QED) is 0.700. The van der Waals surface area contributed by atoms with Crippen molar-refractivity contribution in [2.24, 2.45) is 0 Å². The molecule has 0 aliphatic rings. The molecule has 3 nitrogen and oxygen atoms in total. The average molecular weight is 374 g/mol. The van der Waals surface area contributed by atoms with Crippen LogP contribution in [0.5, 0.6) is 11.5 Å². The van der Waals surface area contributed by atoms with Crippen LogP contribution in [0.1, 0.15) is 15.9 Å². The van der Waals surface area contributed by atoms with Crippen LogP contribution in [0.4, 0.5) is 4.39 Å². The van der Waals surface area contributed by atoms with Gasteiger partial charge in [0.2, 0.25) is 0 Å². The predicted molar refractivity (Wildman–Crippen MR) is 81.7 cm³/mol. The summed E-state index contributed by atoms with van der Waals surface area (Å²) in [7, 11) is 1.31. The maximum Gasteiger partial charge on any atom is 0.337 e. The number of aryl methyl sites for hydroxylation is 1. The molecule has 2 aromatic rings. The highest BCUT2D eigenvalue weighted by molar-refractivity contribution is 9.10. The highest BCUT2D eigenvalue weighted by atomic mass is 79.9. The summed E-state index contributed by atoms with van der Waals surface area (Å²) in [4.78, 5) is 11.4. The van der Waals surface area contributed by atoms with Gasteiger partial charge in [-0.25, -0.2) is 9.18 Å². The minimum absolute atomic E-state index is 0.177. The second kappa shape index (κ2) is 6.45. The maximum atomic E-state index is 13.2. The normalized spacial score (nSPS) is 10.3. The van der Waals surface area contributed by atoms with Crippen molar-refractivity contribution >= 4 is 33.5 Å². The van der Waals surface area contributed by atoms with E-state index in [0.29, 0.717) is 27.1 Å². The lowest BCUT2D eigenvalue weighted by Crippen LogP contribution is -2.01. The smallest absolute Gasteiger partial charge is 0.337 e. The Kier molecular flexibility index (Phi) is 4.85. The lowest BCUT2D eigenvalue weighted by molar-refractivity contribution is 0.0600. The molecule has 0 heterocycles. The van der Waals surface area contributed by atoms with Crippen molar-refractivity contribution < 1.29 is 18.7 Å². The SMILES string of the molecule is COC(=O)c1ccc(Oc2c(C)cc(F)cc2Cl)c(Br)c1. The summed E-state index contributed by atoms with van der Waals surface area (Å²) < 4.78 is 24.1. The third kappa shape index (κ3) is 3.54. The number of methoxy groups -OCH3 is 1. The third-order valence-electron chi connectivity index (χ3n) is 2.76. The van der Waals surface area contributed by atoms with Crippen molar-refractivity contribution in [3.63, 3.8) is 0 Å². The molecule has 0 fully saturated rings. The Bertz CT molecular complexity index is 680. The molecule has 0 unspecified atom stereocenters. The van der Waals surface area contributed by atoms with E-state index in [1.54, 1.807) is 25.1 Å². The fraction of sp³-hybridized carbons (Fsp3) is 0.133. The van der Waals surface area contributed by atoms with E-state index in [1.807, 2.05) is 0 Å². The van der Waals surface area contributed by atoms with Crippen molar-refractivity contribution in [2.75, 3.05) is 7.11 Å². The number of hydrogen-bond donors (Lipinski definition) is 0. The number of esters is 1. The predicted octanol–water partition coefficient (Wildman–Crippen LogP) is 5.13. The molecule has 0 aliphatic carbocycles. The molecule has 0 aromatic heterocycles. The Morgan fingerprint density at radius 2 is 2.00 bits per heavy atom. The Morgan fingerprint density at radius 3 is 2.57 bits per heavy atom. The molecule has 0 aliphatic heterocycles. The van der Waals surface area contributed by atoms with Gasteiger partial charge in [-0.3, -0.25) is 0 Å². The molecule has 0 N–H and O–H groups in total. The topological polar surface area (TPSA) is 35.5 Å². The van der Waals surface area contributed by atoms with Crippen molar-refractivity contribution in [1.29, 1.82) is 0 Å². The lowest BCUT2D eigenvalue weighted by Gasteiger charge is -2.12. The molecule has 110 valence electrons. The van der Waals surface area contributed by atoms with Crippen molar-refractivity contribution in [3.05, 3.63) is 56.8 Å². The molecule has 6 heteroatoms. The molecule has 0 saturated carbocycles. The monoisotopic (exact) mass is 372 g/mol. The summed E-state index contributed by atoms with van der Waals surface area (Å²) in [6, 6.07) is 7.26. The van der Waals surface area contributed by atoms with Crippen LogP contribution in [-0.2, 0) is 4.74 Å². The van der Waals surface area contributed by atoms with Gasteiger partial charge in [0.1, 0.15) is 17.3 Å². The van der Waals surface area contributed by atoms with Gasteiger partial charge in [0.05, 0.1) is 22.2 Å². The molecular weight excluding hydrogens is 363 g/mol. The minimum atomic E-state index is -0.446. The van der Waals surface area contributed by atoms with Crippen LogP contribution in [0.2, 0.25) is 5.02 Å². The summed E-state index contributed by atoms with van der Waals surface area (Å²) >= 11 is 9.30. The van der Waals surface area contributed by atoms with Crippen LogP contribution in [0.3, 0.4) is 0 Å². The van der Waals surface area contributed by atoms with Gasteiger partial charge in [0.15, 0.2) is 0 Å². The van der Waals surface area contributed by atoms with Gasteiger partial charge in [-0.05, 0) is 58.7 Å². The first-order valence-electron chi connectivity index (χ1n) is 5.93. The van der Waals surface area contributed by atoms with Gasteiger partial charge >= 0.3 is 5.97 Å². The van der Waals surface area contributed by atoms with E-state index in [9.17, 15) is 9.18 Å². The standard InChI is InChI=1S/C15H11BrClFO3/c1-8-5-10(18)7-12(17)14(8)21-13-4-3-9(6-11(13)16)15(19)20-2/h3-7H,1-2H3. The zero-order chi connectivity index (χ0) is 15.6. The fourth-order valence-electron chi connectivity index (χ4n) is 1.76. The molecule has 0 amide bonds. The van der Waals surface area contributed by atoms with E-state index in [4.69, 9.17) is 16.3 Å². The summed E-state index contributed by atoms with van der Waals surface area (Å²) in [6.45, 7) is 1.70. The summed E-state index contributed by atoms with van der Waals surface area (Å²) in [5.41, 5.74) is 0.961. The molecule has 0 radical (unpaired) electrons. The van der Waals surface area contributed by atoms with Gasteiger partial charge < -0.3 is 9.47 Å². The second-order valence-corrected chi connectivity index (χ2v) is 5.53. The van der Waals surface area contributed by atoms with Gasteiger partial charge in [-0.15, -0.1) is 0 Å². The number of ether oxygens (including phenoxy) is 2. The van der Waals surface area contributed by atoms with Crippen LogP contribution in [0.15, 0.2) is 34.8 Å². The largest absolute Gasteiger partial charge is 0.465 e. The van der Waals surface area contributed by atoms with Gasteiger partial charge in [0.25, 0.3) is 0 Å². The molecule has 0 bridgehead atoms. The van der Waals surface area contributed by atoms with Gasteiger partial charge in [0, 0.05) is 0 Å². The van der Waals surface area contributed by atoms with Crippen molar-refractivity contribution in [3.8, 4) is 11.5 Å².